The van der Waals surface area contributed by atoms with E-state index >= 15 is 0 Å². The Morgan fingerprint density at radius 1 is 1.00 bits per heavy atom. The molecule has 7 nitrogen and oxygen atoms in total. The van der Waals surface area contributed by atoms with E-state index < -0.39 is 16.1 Å². The first-order valence-electron chi connectivity index (χ1n) is 12.0. The molecule has 1 atom stereocenters. The Kier molecular flexibility index (Phi) is 8.71. The Bertz CT molecular complexity index is 888. The Morgan fingerprint density at radius 3 is 2.28 bits per heavy atom. The highest BCUT2D eigenvalue weighted by molar-refractivity contribution is 7.89. The average Bonchev–Trinajstić information content (AvgIpc) is 2.82. The number of carbonyl (C=O) groups is 2. The molecule has 1 aromatic carbocycles. The van der Waals surface area contributed by atoms with Crippen LogP contribution in [0.4, 0.5) is 0 Å². The average molecular weight is 464 g/mol. The first-order chi connectivity index (χ1) is 15.3. The van der Waals surface area contributed by atoms with Crippen LogP contribution in [-0.2, 0) is 26.2 Å². The van der Waals surface area contributed by atoms with Gasteiger partial charge in [-0.3, -0.25) is 9.59 Å². The van der Waals surface area contributed by atoms with Crippen LogP contribution in [0.3, 0.4) is 0 Å². The monoisotopic (exact) mass is 463 g/mol. The van der Waals surface area contributed by atoms with Crippen LogP contribution >= 0.6 is 0 Å². The fraction of sp³-hybridized carbons (Fsp3) is 0.667. The molecule has 1 aliphatic heterocycles. The van der Waals surface area contributed by atoms with Gasteiger partial charge >= 0.3 is 0 Å². The van der Waals surface area contributed by atoms with E-state index in [-0.39, 0.29) is 35.1 Å². The maximum atomic E-state index is 13.2. The van der Waals surface area contributed by atoms with Gasteiger partial charge in [-0.2, -0.15) is 4.31 Å². The molecule has 2 N–H and O–H groups in total. The maximum Gasteiger partial charge on any atom is 0.243 e. The molecule has 2 aliphatic rings. The Morgan fingerprint density at radius 2 is 1.62 bits per heavy atom. The molecule has 0 spiro atoms. The Balaban J connectivity index is 1.67. The number of sulfonamides is 1. The maximum absolute atomic E-state index is 13.2. The van der Waals surface area contributed by atoms with Crippen LogP contribution in [0, 0.1) is 11.8 Å². The third-order valence-electron chi connectivity index (χ3n) is 6.58. The van der Waals surface area contributed by atoms with Crippen LogP contribution in [0.2, 0.25) is 0 Å². The zero-order valence-corrected chi connectivity index (χ0v) is 20.1. The van der Waals surface area contributed by atoms with Crippen molar-refractivity contribution in [2.45, 2.75) is 82.7 Å². The van der Waals surface area contributed by atoms with Gasteiger partial charge in [0.15, 0.2) is 0 Å². The van der Waals surface area contributed by atoms with E-state index in [9.17, 15) is 18.0 Å². The molecule has 1 unspecified atom stereocenters. The lowest BCUT2D eigenvalue weighted by Crippen LogP contribution is -2.51. The van der Waals surface area contributed by atoms with Crippen LogP contribution in [0.25, 0.3) is 0 Å². The molecule has 3 rings (SSSR count). The summed E-state index contributed by atoms with van der Waals surface area (Å²) in [5.74, 6) is -0.427. The first-order valence-corrected chi connectivity index (χ1v) is 13.4. The lowest BCUT2D eigenvalue weighted by molar-refractivity contribution is -0.132. The van der Waals surface area contributed by atoms with Gasteiger partial charge in [0.25, 0.3) is 0 Å². The second-order valence-corrected chi connectivity index (χ2v) is 11.3. The van der Waals surface area contributed by atoms with Crippen LogP contribution < -0.4 is 10.6 Å². The van der Waals surface area contributed by atoms with E-state index in [1.54, 1.807) is 28.6 Å². The summed E-state index contributed by atoms with van der Waals surface area (Å²) in [5.41, 5.74) is 0.563. The number of hydrogen-bond donors (Lipinski definition) is 2. The first kappa shape index (κ1) is 24.7. The molecule has 8 heteroatoms. The van der Waals surface area contributed by atoms with E-state index in [0.29, 0.717) is 18.7 Å². The van der Waals surface area contributed by atoms with Crippen molar-refractivity contribution in [1.82, 2.24) is 14.9 Å². The van der Waals surface area contributed by atoms with Crippen molar-refractivity contribution in [3.63, 3.8) is 0 Å². The zero-order valence-electron chi connectivity index (χ0n) is 19.3. The topological polar surface area (TPSA) is 95.6 Å². The molecule has 0 radical (unpaired) electrons. The lowest BCUT2D eigenvalue weighted by Gasteiger charge is -2.27. The zero-order chi connectivity index (χ0) is 23.1. The van der Waals surface area contributed by atoms with Crippen molar-refractivity contribution in [2.75, 3.05) is 13.1 Å². The molecule has 1 saturated carbocycles. The summed E-state index contributed by atoms with van der Waals surface area (Å²) < 4.78 is 27.9. The highest BCUT2D eigenvalue weighted by Crippen LogP contribution is 2.25. The number of carbonyl (C=O) groups excluding carboxylic acids is 2. The largest absolute Gasteiger partial charge is 0.350 e. The van der Waals surface area contributed by atoms with E-state index in [2.05, 4.69) is 10.6 Å². The van der Waals surface area contributed by atoms with E-state index in [1.165, 1.54) is 0 Å². The van der Waals surface area contributed by atoms with Gasteiger partial charge in [-0.05, 0) is 43.2 Å². The molecule has 0 aromatic heterocycles. The van der Waals surface area contributed by atoms with Gasteiger partial charge in [-0.15, -0.1) is 0 Å². The van der Waals surface area contributed by atoms with Crippen molar-refractivity contribution in [3.8, 4) is 0 Å². The van der Waals surface area contributed by atoms with Crippen molar-refractivity contribution in [1.29, 1.82) is 0 Å². The quantitative estimate of drug-likeness (QED) is 0.619. The normalized spacial score (nSPS) is 19.5. The van der Waals surface area contributed by atoms with Crippen LogP contribution in [0.15, 0.2) is 29.2 Å². The molecule has 178 valence electrons. The van der Waals surface area contributed by atoms with Gasteiger partial charge in [0.2, 0.25) is 21.8 Å². The van der Waals surface area contributed by atoms with E-state index in [0.717, 1.165) is 51.4 Å². The molecule has 0 bridgehead atoms. The Labute approximate surface area is 192 Å². The summed E-state index contributed by atoms with van der Waals surface area (Å²) in [5, 5.41) is 5.81. The van der Waals surface area contributed by atoms with Crippen molar-refractivity contribution in [3.05, 3.63) is 29.8 Å². The van der Waals surface area contributed by atoms with Gasteiger partial charge in [-0.25, -0.2) is 8.42 Å². The van der Waals surface area contributed by atoms with Gasteiger partial charge in [0.1, 0.15) is 6.04 Å². The van der Waals surface area contributed by atoms with Crippen molar-refractivity contribution >= 4 is 21.8 Å². The van der Waals surface area contributed by atoms with Crippen LogP contribution in [-0.4, -0.2) is 43.7 Å². The van der Waals surface area contributed by atoms with Gasteiger partial charge < -0.3 is 10.6 Å². The molecular formula is C24H37N3O4S. The minimum atomic E-state index is -3.60. The molecule has 32 heavy (non-hydrogen) atoms. The number of rotatable bonds is 8. The standard InChI is InChI=1S/C24H37N3O4S/c1-18(2)22(26-23(28)19-11-5-3-6-12-19)24(29)25-17-20-13-7-8-14-21(20)32(30,31)27-15-9-4-10-16-27/h7-8,13-14,18-19,22H,3-6,9-12,15-17H2,1-2H3,(H,25,29)(H,26,28). The minimum absolute atomic E-state index is 0.0202. The van der Waals surface area contributed by atoms with Crippen molar-refractivity contribution < 1.29 is 18.0 Å². The summed E-state index contributed by atoms with van der Waals surface area (Å²) in [6, 6.07) is 6.19. The molecule has 1 saturated heterocycles. The summed E-state index contributed by atoms with van der Waals surface area (Å²) in [7, 11) is -3.60. The number of piperidine rings is 1. The predicted molar refractivity (Wildman–Crippen MR) is 124 cm³/mol. The molecule has 1 aliphatic carbocycles. The molecule has 1 aromatic rings. The number of hydrogen-bond acceptors (Lipinski definition) is 4. The number of benzene rings is 1. The van der Waals surface area contributed by atoms with Crippen LogP contribution in [0.1, 0.15) is 70.8 Å². The van der Waals surface area contributed by atoms with Gasteiger partial charge in [0, 0.05) is 25.6 Å². The van der Waals surface area contributed by atoms with E-state index in [4.69, 9.17) is 0 Å². The fourth-order valence-electron chi connectivity index (χ4n) is 4.61. The highest BCUT2D eigenvalue weighted by atomic mass is 32.2. The number of nitrogens with one attached hydrogen (secondary N) is 2. The lowest BCUT2D eigenvalue weighted by atomic mass is 9.88. The highest BCUT2D eigenvalue weighted by Gasteiger charge is 2.30. The number of nitrogens with zero attached hydrogens (tertiary/aromatic N) is 1. The molecule has 1 heterocycles. The summed E-state index contributed by atoms with van der Waals surface area (Å²) >= 11 is 0. The predicted octanol–water partition coefficient (Wildman–Crippen LogP) is 3.20. The Hall–Kier alpha value is -1.93. The van der Waals surface area contributed by atoms with Gasteiger partial charge in [0.05, 0.1) is 4.90 Å². The van der Waals surface area contributed by atoms with Crippen LogP contribution in [0.5, 0.6) is 0 Å². The molecule has 2 amide bonds. The molecular weight excluding hydrogens is 426 g/mol. The van der Waals surface area contributed by atoms with Crippen molar-refractivity contribution in [2.24, 2.45) is 11.8 Å². The fourth-order valence-corrected chi connectivity index (χ4v) is 6.35. The second kappa shape index (κ2) is 11.3. The third-order valence-corrected chi connectivity index (χ3v) is 8.58. The minimum Gasteiger partial charge on any atom is -0.350 e. The number of amides is 2. The summed E-state index contributed by atoms with van der Waals surface area (Å²) in [4.78, 5) is 25.9. The SMILES string of the molecule is CC(C)C(NC(=O)C1CCCCC1)C(=O)NCc1ccccc1S(=O)(=O)N1CCCCC1. The second-order valence-electron chi connectivity index (χ2n) is 9.36. The smallest absolute Gasteiger partial charge is 0.243 e. The molecule has 2 fully saturated rings. The third kappa shape index (κ3) is 6.10. The summed E-state index contributed by atoms with van der Waals surface area (Å²) in [6.07, 6.45) is 7.81. The summed E-state index contributed by atoms with van der Waals surface area (Å²) in [6.45, 7) is 4.97. The van der Waals surface area contributed by atoms with E-state index in [1.807, 2.05) is 13.8 Å². The van der Waals surface area contributed by atoms with Gasteiger partial charge in [-0.1, -0.05) is 57.7 Å².